The van der Waals surface area contributed by atoms with Crippen molar-refractivity contribution in [2.24, 2.45) is 0 Å². The Labute approximate surface area is 182 Å². The minimum atomic E-state index is -0.119. The van der Waals surface area contributed by atoms with Crippen molar-refractivity contribution < 1.29 is 14.3 Å². The fraction of sp³-hybridized carbons (Fsp3) is 0.591. The van der Waals surface area contributed by atoms with E-state index in [1.807, 2.05) is 20.1 Å². The number of methoxy groups -OCH3 is 1. The van der Waals surface area contributed by atoms with Crippen molar-refractivity contribution in [1.82, 2.24) is 20.1 Å². The van der Waals surface area contributed by atoms with Gasteiger partial charge in [0.15, 0.2) is 16.7 Å². The number of amides is 1. The number of carbonyl (C=O) groups is 1. The highest BCUT2D eigenvalue weighted by Crippen LogP contribution is 2.33. The van der Waals surface area contributed by atoms with E-state index in [4.69, 9.17) is 9.47 Å². The highest BCUT2D eigenvalue weighted by atomic mass is 32.2. The maximum Gasteiger partial charge on any atom is 0.251 e. The molecule has 1 aromatic heterocycles. The lowest BCUT2D eigenvalue weighted by Crippen LogP contribution is -2.25. The van der Waals surface area contributed by atoms with E-state index in [9.17, 15) is 4.79 Å². The first-order valence-electron chi connectivity index (χ1n) is 10.6. The Morgan fingerprint density at radius 3 is 2.70 bits per heavy atom. The van der Waals surface area contributed by atoms with Crippen molar-refractivity contribution >= 4 is 17.7 Å². The fourth-order valence-electron chi connectivity index (χ4n) is 3.86. The van der Waals surface area contributed by atoms with E-state index < -0.39 is 0 Å². The molecule has 8 heteroatoms. The number of thioether (sulfide) groups is 1. The Morgan fingerprint density at radius 1 is 1.27 bits per heavy atom. The molecular weight excluding hydrogens is 400 g/mol. The van der Waals surface area contributed by atoms with Gasteiger partial charge in [-0.05, 0) is 57.6 Å². The first kappa shape index (κ1) is 22.5. The molecule has 0 atom stereocenters. The maximum absolute atomic E-state index is 12.5. The summed E-state index contributed by atoms with van der Waals surface area (Å²) in [5, 5.41) is 12.8. The quantitative estimate of drug-likeness (QED) is 0.446. The van der Waals surface area contributed by atoms with E-state index in [0.29, 0.717) is 29.6 Å². The first-order chi connectivity index (χ1) is 14.5. The summed E-state index contributed by atoms with van der Waals surface area (Å²) in [5.74, 6) is 2.11. The van der Waals surface area contributed by atoms with Gasteiger partial charge in [-0.2, -0.15) is 0 Å². The van der Waals surface area contributed by atoms with Gasteiger partial charge in [-0.15, -0.1) is 10.2 Å². The monoisotopic (exact) mass is 432 g/mol. The number of hydrogen-bond acceptors (Lipinski definition) is 6. The van der Waals surface area contributed by atoms with Crippen LogP contribution in [0.3, 0.4) is 0 Å². The molecule has 1 amide bonds. The van der Waals surface area contributed by atoms with E-state index in [-0.39, 0.29) is 12.0 Å². The van der Waals surface area contributed by atoms with Gasteiger partial charge in [-0.3, -0.25) is 4.79 Å². The van der Waals surface area contributed by atoms with Gasteiger partial charge in [0, 0.05) is 24.6 Å². The Bertz CT molecular complexity index is 847. The minimum Gasteiger partial charge on any atom is -0.493 e. The van der Waals surface area contributed by atoms with Crippen molar-refractivity contribution in [3.05, 3.63) is 29.6 Å². The molecule has 0 saturated heterocycles. The van der Waals surface area contributed by atoms with Crippen LogP contribution in [-0.2, 0) is 6.42 Å². The second kappa shape index (κ2) is 10.7. The molecule has 0 radical (unpaired) electrons. The summed E-state index contributed by atoms with van der Waals surface area (Å²) in [5.41, 5.74) is 0.557. The van der Waals surface area contributed by atoms with Gasteiger partial charge < -0.3 is 19.4 Å². The molecule has 1 aliphatic rings. The smallest absolute Gasteiger partial charge is 0.251 e. The molecule has 1 aliphatic carbocycles. The summed E-state index contributed by atoms with van der Waals surface area (Å²) in [4.78, 5) is 12.5. The summed E-state index contributed by atoms with van der Waals surface area (Å²) in [6.45, 7) is 4.49. The van der Waals surface area contributed by atoms with Gasteiger partial charge >= 0.3 is 0 Å². The lowest BCUT2D eigenvalue weighted by molar-refractivity contribution is 0.0952. The van der Waals surface area contributed by atoms with Crippen LogP contribution in [0.5, 0.6) is 11.5 Å². The topological polar surface area (TPSA) is 78.3 Å². The Balaban J connectivity index is 1.55. The molecule has 7 nitrogen and oxygen atoms in total. The van der Waals surface area contributed by atoms with Crippen molar-refractivity contribution in [3.8, 4) is 11.5 Å². The van der Waals surface area contributed by atoms with Crippen molar-refractivity contribution in [3.63, 3.8) is 0 Å². The largest absolute Gasteiger partial charge is 0.493 e. The number of ether oxygens (including phenoxy) is 2. The Hall–Kier alpha value is -2.22. The predicted octanol–water partition coefficient (Wildman–Crippen LogP) is 4.27. The zero-order valence-corrected chi connectivity index (χ0v) is 19.1. The highest BCUT2D eigenvalue weighted by Gasteiger charge is 2.23. The molecule has 1 aromatic carbocycles. The standard InChI is InChI=1S/C22H32N4O3S/c1-15(2)29-18-12-11-16(14-19(18)28-3)21(27)23-13-7-10-20-24-25-22(30-4)26(20)17-8-5-6-9-17/h11-12,14-15,17H,5-10,13H2,1-4H3,(H,23,27). The zero-order chi connectivity index (χ0) is 21.5. The van der Waals surface area contributed by atoms with Gasteiger partial charge in [0.2, 0.25) is 0 Å². The summed E-state index contributed by atoms with van der Waals surface area (Å²) in [6.07, 6.45) is 8.65. The van der Waals surface area contributed by atoms with Gasteiger partial charge in [0.25, 0.3) is 5.91 Å². The van der Waals surface area contributed by atoms with Crippen LogP contribution >= 0.6 is 11.8 Å². The number of hydrogen-bond donors (Lipinski definition) is 1. The SMILES string of the molecule is COc1cc(C(=O)NCCCc2nnc(SC)n2C2CCCC2)ccc1OC(C)C. The van der Waals surface area contributed by atoms with Crippen LogP contribution in [0.2, 0.25) is 0 Å². The molecule has 0 aliphatic heterocycles. The molecule has 1 N–H and O–H groups in total. The fourth-order valence-corrected chi connectivity index (χ4v) is 4.43. The average Bonchev–Trinajstić information content (AvgIpc) is 3.40. The third-order valence-corrected chi connectivity index (χ3v) is 5.90. The molecule has 1 fully saturated rings. The first-order valence-corrected chi connectivity index (χ1v) is 11.9. The molecule has 3 rings (SSSR count). The van der Waals surface area contributed by atoms with Crippen molar-refractivity contribution in [2.45, 2.75) is 69.7 Å². The number of benzene rings is 1. The lowest BCUT2D eigenvalue weighted by Gasteiger charge is -2.16. The van der Waals surface area contributed by atoms with Crippen LogP contribution in [0, 0.1) is 0 Å². The third kappa shape index (κ3) is 5.47. The van der Waals surface area contributed by atoms with Crippen LogP contribution in [0.25, 0.3) is 0 Å². The molecule has 0 unspecified atom stereocenters. The number of aryl methyl sites for hydroxylation is 1. The second-order valence-corrected chi connectivity index (χ2v) is 8.58. The van der Waals surface area contributed by atoms with Crippen LogP contribution in [-0.4, -0.2) is 46.7 Å². The molecule has 1 saturated carbocycles. The number of carbonyl (C=O) groups excluding carboxylic acids is 1. The van der Waals surface area contributed by atoms with E-state index in [1.165, 1.54) is 25.7 Å². The lowest BCUT2D eigenvalue weighted by atomic mass is 10.1. The number of aromatic nitrogens is 3. The van der Waals surface area contributed by atoms with Gasteiger partial charge in [-0.1, -0.05) is 24.6 Å². The maximum atomic E-state index is 12.5. The number of rotatable bonds is 10. The third-order valence-electron chi connectivity index (χ3n) is 5.26. The van der Waals surface area contributed by atoms with Crippen LogP contribution < -0.4 is 14.8 Å². The zero-order valence-electron chi connectivity index (χ0n) is 18.3. The molecule has 2 aromatic rings. The summed E-state index contributed by atoms with van der Waals surface area (Å²) in [6, 6.07) is 5.78. The van der Waals surface area contributed by atoms with E-state index in [2.05, 4.69) is 20.1 Å². The summed E-state index contributed by atoms with van der Waals surface area (Å²) < 4.78 is 13.4. The predicted molar refractivity (Wildman–Crippen MR) is 119 cm³/mol. The van der Waals surface area contributed by atoms with Gasteiger partial charge in [-0.25, -0.2) is 0 Å². The van der Waals surface area contributed by atoms with Gasteiger partial charge in [0.1, 0.15) is 5.82 Å². The number of nitrogens with zero attached hydrogens (tertiary/aromatic N) is 3. The molecule has 164 valence electrons. The second-order valence-electron chi connectivity index (χ2n) is 7.80. The van der Waals surface area contributed by atoms with Crippen LogP contribution in [0.4, 0.5) is 0 Å². The molecule has 30 heavy (non-hydrogen) atoms. The summed E-state index contributed by atoms with van der Waals surface area (Å²) >= 11 is 1.65. The van der Waals surface area contributed by atoms with Crippen LogP contribution in [0.1, 0.15) is 68.2 Å². The normalized spacial score (nSPS) is 14.3. The Morgan fingerprint density at radius 2 is 2.03 bits per heavy atom. The van der Waals surface area contributed by atoms with Gasteiger partial charge in [0.05, 0.1) is 13.2 Å². The van der Waals surface area contributed by atoms with Crippen molar-refractivity contribution in [2.75, 3.05) is 19.9 Å². The average molecular weight is 433 g/mol. The minimum absolute atomic E-state index is 0.0384. The number of nitrogens with one attached hydrogen (secondary N) is 1. The highest BCUT2D eigenvalue weighted by molar-refractivity contribution is 7.98. The van der Waals surface area contributed by atoms with E-state index >= 15 is 0 Å². The van der Waals surface area contributed by atoms with E-state index in [0.717, 1.165) is 23.8 Å². The molecule has 0 spiro atoms. The van der Waals surface area contributed by atoms with Crippen molar-refractivity contribution in [1.29, 1.82) is 0 Å². The summed E-state index contributed by atoms with van der Waals surface area (Å²) in [7, 11) is 1.58. The molecular formula is C22H32N4O3S. The van der Waals surface area contributed by atoms with E-state index in [1.54, 1.807) is 37.1 Å². The molecule has 0 bridgehead atoms. The Kier molecular flexibility index (Phi) is 8.01. The molecule has 1 heterocycles. The van der Waals surface area contributed by atoms with Crippen LogP contribution in [0.15, 0.2) is 23.4 Å².